The molecular weight excluding hydrogens is 400 g/mol. The summed E-state index contributed by atoms with van der Waals surface area (Å²) in [6.45, 7) is 0. The van der Waals surface area contributed by atoms with Crippen LogP contribution in [0.25, 0.3) is 5.69 Å². The highest BCUT2D eigenvalue weighted by molar-refractivity contribution is 6.33. The topological polar surface area (TPSA) is 59.3 Å². The number of para-hydroxylation sites is 1. The van der Waals surface area contributed by atoms with Crippen LogP contribution >= 0.6 is 11.6 Å². The summed E-state index contributed by atoms with van der Waals surface area (Å²) in [4.78, 5) is 12.2. The number of aromatic nitrogens is 2. The number of amides is 1. The summed E-state index contributed by atoms with van der Waals surface area (Å²) in [7, 11) is 0. The third-order valence-corrected chi connectivity index (χ3v) is 3.97. The molecule has 0 fully saturated rings. The van der Waals surface area contributed by atoms with Crippen LogP contribution < -0.4 is 5.43 Å². The molecule has 1 aromatic heterocycles. The summed E-state index contributed by atoms with van der Waals surface area (Å²) in [6.07, 6.45) is -3.15. The van der Waals surface area contributed by atoms with Crippen molar-refractivity contribution in [2.45, 2.75) is 6.18 Å². The van der Waals surface area contributed by atoms with Gasteiger partial charge in [-0.2, -0.15) is 23.4 Å². The van der Waals surface area contributed by atoms with E-state index in [1.807, 2.05) is 5.43 Å². The molecule has 0 spiro atoms. The van der Waals surface area contributed by atoms with Crippen molar-refractivity contribution in [3.8, 4) is 5.69 Å². The maximum absolute atomic E-state index is 13.7. The molecule has 0 aliphatic heterocycles. The number of hydrogen-bond donors (Lipinski definition) is 1. The van der Waals surface area contributed by atoms with Crippen LogP contribution in [0.1, 0.15) is 21.6 Å². The van der Waals surface area contributed by atoms with Gasteiger partial charge in [-0.3, -0.25) is 4.79 Å². The molecule has 0 aliphatic carbocycles. The fourth-order valence-electron chi connectivity index (χ4n) is 2.40. The van der Waals surface area contributed by atoms with E-state index in [4.69, 9.17) is 11.6 Å². The lowest BCUT2D eigenvalue weighted by atomic mass is 10.2. The van der Waals surface area contributed by atoms with Crippen molar-refractivity contribution in [3.05, 3.63) is 82.4 Å². The van der Waals surface area contributed by atoms with E-state index in [-0.39, 0.29) is 16.3 Å². The smallest absolute Gasteiger partial charge is 0.267 e. The average Bonchev–Trinajstić information content (AvgIpc) is 3.10. The molecule has 0 bridgehead atoms. The number of hydrogen-bond acceptors (Lipinski definition) is 3. The Morgan fingerprint density at radius 1 is 1.14 bits per heavy atom. The van der Waals surface area contributed by atoms with Gasteiger partial charge in [-0.15, -0.1) is 0 Å². The van der Waals surface area contributed by atoms with E-state index in [1.165, 1.54) is 24.3 Å². The molecule has 2 aromatic carbocycles. The summed E-state index contributed by atoms with van der Waals surface area (Å²) < 4.78 is 54.9. The molecule has 0 atom stereocenters. The number of carbonyl (C=O) groups is 1. The van der Waals surface area contributed by atoms with Crippen molar-refractivity contribution in [1.29, 1.82) is 0 Å². The Kier molecular flexibility index (Phi) is 5.46. The SMILES string of the molecule is O=C(N/N=C/c1c(F)cccc1Cl)c1cnn(-c2ccccc2)c1C(F)(F)F. The van der Waals surface area contributed by atoms with Crippen LogP contribution in [-0.4, -0.2) is 21.9 Å². The minimum atomic E-state index is -4.85. The molecule has 144 valence electrons. The van der Waals surface area contributed by atoms with Crippen LogP contribution in [0.5, 0.6) is 0 Å². The van der Waals surface area contributed by atoms with E-state index in [1.54, 1.807) is 18.2 Å². The minimum absolute atomic E-state index is 0.0332. The first-order valence-corrected chi connectivity index (χ1v) is 8.15. The van der Waals surface area contributed by atoms with Crippen LogP contribution in [0.3, 0.4) is 0 Å². The molecule has 5 nitrogen and oxygen atoms in total. The summed E-state index contributed by atoms with van der Waals surface area (Å²) in [6, 6.07) is 11.5. The summed E-state index contributed by atoms with van der Waals surface area (Å²) in [5.74, 6) is -1.85. The van der Waals surface area contributed by atoms with Gasteiger partial charge in [0.25, 0.3) is 5.91 Å². The number of halogens is 5. The Hall–Kier alpha value is -3.20. The van der Waals surface area contributed by atoms with Crippen molar-refractivity contribution in [2.24, 2.45) is 5.10 Å². The molecule has 3 aromatic rings. The maximum atomic E-state index is 13.7. The highest BCUT2D eigenvalue weighted by Crippen LogP contribution is 2.33. The van der Waals surface area contributed by atoms with E-state index in [0.29, 0.717) is 4.68 Å². The van der Waals surface area contributed by atoms with Gasteiger partial charge in [0, 0.05) is 5.56 Å². The molecule has 1 N–H and O–H groups in total. The van der Waals surface area contributed by atoms with E-state index < -0.39 is 29.2 Å². The quantitative estimate of drug-likeness (QED) is 0.392. The monoisotopic (exact) mass is 410 g/mol. The van der Waals surface area contributed by atoms with E-state index in [0.717, 1.165) is 18.5 Å². The molecule has 1 heterocycles. The normalized spacial score (nSPS) is 11.8. The van der Waals surface area contributed by atoms with Gasteiger partial charge >= 0.3 is 6.18 Å². The van der Waals surface area contributed by atoms with E-state index in [9.17, 15) is 22.4 Å². The van der Waals surface area contributed by atoms with Crippen LogP contribution in [0, 0.1) is 5.82 Å². The van der Waals surface area contributed by atoms with Gasteiger partial charge in [0.05, 0.1) is 28.7 Å². The molecule has 0 saturated carbocycles. The highest BCUT2D eigenvalue weighted by atomic mass is 35.5. The number of nitrogens with zero attached hydrogens (tertiary/aromatic N) is 3. The van der Waals surface area contributed by atoms with Crippen molar-refractivity contribution in [2.75, 3.05) is 0 Å². The standard InChI is InChI=1S/C18H11ClF4N4O/c19-14-7-4-8-15(20)12(14)9-24-26-17(28)13-10-25-27(16(13)18(21,22)23)11-5-2-1-3-6-11/h1-10H,(H,26,28)/b24-9+. The van der Waals surface area contributed by atoms with Crippen molar-refractivity contribution in [1.82, 2.24) is 15.2 Å². The Morgan fingerprint density at radius 2 is 1.86 bits per heavy atom. The lowest BCUT2D eigenvalue weighted by molar-refractivity contribution is -0.143. The average molecular weight is 411 g/mol. The van der Waals surface area contributed by atoms with Gasteiger partial charge in [-0.25, -0.2) is 14.5 Å². The fraction of sp³-hybridized carbons (Fsp3) is 0.0556. The largest absolute Gasteiger partial charge is 0.434 e. The molecule has 10 heteroatoms. The number of alkyl halides is 3. The second kappa shape index (κ2) is 7.81. The maximum Gasteiger partial charge on any atom is 0.434 e. The predicted molar refractivity (Wildman–Crippen MR) is 95.0 cm³/mol. The van der Waals surface area contributed by atoms with Gasteiger partial charge < -0.3 is 0 Å². The molecule has 0 saturated heterocycles. The summed E-state index contributed by atoms with van der Waals surface area (Å²) >= 11 is 5.81. The summed E-state index contributed by atoms with van der Waals surface area (Å²) in [5.41, 5.74) is -0.0278. The van der Waals surface area contributed by atoms with Gasteiger partial charge in [0.15, 0.2) is 5.69 Å². The Morgan fingerprint density at radius 3 is 2.50 bits per heavy atom. The first kappa shape index (κ1) is 19.6. The number of rotatable bonds is 4. The second-order valence-electron chi connectivity index (χ2n) is 5.49. The van der Waals surface area contributed by atoms with Gasteiger partial charge in [-0.1, -0.05) is 35.9 Å². The van der Waals surface area contributed by atoms with E-state index in [2.05, 4.69) is 10.2 Å². The van der Waals surface area contributed by atoms with Gasteiger partial charge in [0.2, 0.25) is 0 Å². The Labute approximate surface area is 161 Å². The van der Waals surface area contributed by atoms with Crippen LogP contribution in [0.4, 0.5) is 17.6 Å². The van der Waals surface area contributed by atoms with Crippen molar-refractivity contribution in [3.63, 3.8) is 0 Å². The van der Waals surface area contributed by atoms with Crippen LogP contribution in [-0.2, 0) is 6.18 Å². The highest BCUT2D eigenvalue weighted by Gasteiger charge is 2.40. The van der Waals surface area contributed by atoms with E-state index >= 15 is 0 Å². The number of nitrogens with one attached hydrogen (secondary N) is 1. The van der Waals surface area contributed by atoms with Crippen molar-refractivity contribution >= 4 is 23.7 Å². The Balaban J connectivity index is 1.90. The molecule has 0 aliphatic rings. The van der Waals surface area contributed by atoms with Gasteiger partial charge in [-0.05, 0) is 24.3 Å². The molecular formula is C18H11ClF4N4O. The zero-order chi connectivity index (χ0) is 20.3. The molecule has 3 rings (SSSR count). The van der Waals surface area contributed by atoms with Gasteiger partial charge in [0.1, 0.15) is 5.82 Å². The number of benzene rings is 2. The van der Waals surface area contributed by atoms with Crippen molar-refractivity contribution < 1.29 is 22.4 Å². The third kappa shape index (κ3) is 4.04. The lowest BCUT2D eigenvalue weighted by Crippen LogP contribution is -2.23. The lowest BCUT2D eigenvalue weighted by Gasteiger charge is -2.12. The Bertz CT molecular complexity index is 1010. The molecule has 0 radical (unpaired) electrons. The fourth-order valence-corrected chi connectivity index (χ4v) is 2.61. The third-order valence-electron chi connectivity index (χ3n) is 3.64. The molecule has 1 amide bonds. The zero-order valence-corrected chi connectivity index (χ0v) is 14.7. The number of hydrazone groups is 1. The predicted octanol–water partition coefficient (Wildman–Crippen LogP) is 4.45. The van der Waals surface area contributed by atoms with Crippen LogP contribution in [0.15, 0.2) is 59.8 Å². The second-order valence-corrected chi connectivity index (χ2v) is 5.89. The summed E-state index contributed by atoms with van der Waals surface area (Å²) in [5, 5.41) is 7.20. The first-order chi connectivity index (χ1) is 13.3. The first-order valence-electron chi connectivity index (χ1n) is 7.77. The van der Waals surface area contributed by atoms with Crippen LogP contribution in [0.2, 0.25) is 5.02 Å². The minimum Gasteiger partial charge on any atom is -0.267 e. The molecule has 0 unspecified atom stereocenters. The molecule has 28 heavy (non-hydrogen) atoms. The zero-order valence-electron chi connectivity index (χ0n) is 13.9. The number of carbonyl (C=O) groups excluding carboxylic acids is 1.